The van der Waals surface area contributed by atoms with E-state index >= 15 is 0 Å². The minimum atomic E-state index is -0.892. The van der Waals surface area contributed by atoms with Gasteiger partial charge in [-0.2, -0.15) is 0 Å². The number of carbonyl (C=O) groups is 1. The molecule has 3 heteroatoms. The van der Waals surface area contributed by atoms with Crippen molar-refractivity contribution in [2.45, 2.75) is 51.0 Å². The molecule has 13 heavy (non-hydrogen) atoms. The predicted octanol–water partition coefficient (Wildman–Crippen LogP) is 1.79. The second kappa shape index (κ2) is 5.22. The number of aliphatic hydroxyl groups is 1. The van der Waals surface area contributed by atoms with Crippen LogP contribution in [0.2, 0.25) is 0 Å². The lowest BCUT2D eigenvalue weighted by Crippen LogP contribution is -2.23. The Bertz CT molecular complexity index is 160. The first kappa shape index (κ1) is 10.5. The zero-order chi connectivity index (χ0) is 9.68. The third-order valence-corrected chi connectivity index (χ3v) is 2.83. The summed E-state index contributed by atoms with van der Waals surface area (Å²) in [5.74, 6) is -0.671. The van der Waals surface area contributed by atoms with E-state index in [-0.39, 0.29) is 12.3 Å². The highest BCUT2D eigenvalue weighted by atomic mass is 16.4. The van der Waals surface area contributed by atoms with Gasteiger partial charge in [0, 0.05) is 0 Å². The molecule has 0 aromatic heterocycles. The van der Waals surface area contributed by atoms with E-state index < -0.39 is 12.1 Å². The molecule has 0 bridgehead atoms. The van der Waals surface area contributed by atoms with Crippen molar-refractivity contribution in [3.8, 4) is 0 Å². The van der Waals surface area contributed by atoms with Crippen LogP contribution in [-0.2, 0) is 4.79 Å². The van der Waals surface area contributed by atoms with Gasteiger partial charge in [-0.3, -0.25) is 4.79 Å². The minimum absolute atomic E-state index is 0.0926. The Labute approximate surface area is 78.8 Å². The van der Waals surface area contributed by atoms with Crippen LogP contribution in [0.4, 0.5) is 0 Å². The van der Waals surface area contributed by atoms with Crippen molar-refractivity contribution >= 4 is 5.97 Å². The molecule has 1 aliphatic carbocycles. The molecule has 1 aliphatic rings. The van der Waals surface area contributed by atoms with Crippen molar-refractivity contribution in [2.75, 3.05) is 0 Å². The first-order valence-electron chi connectivity index (χ1n) is 5.10. The lowest BCUT2D eigenvalue weighted by molar-refractivity contribution is -0.140. The van der Waals surface area contributed by atoms with E-state index in [1.807, 2.05) is 0 Å². The Morgan fingerprint density at radius 1 is 1.23 bits per heavy atom. The van der Waals surface area contributed by atoms with Gasteiger partial charge in [-0.1, -0.05) is 25.7 Å². The summed E-state index contributed by atoms with van der Waals surface area (Å²) in [5, 5.41) is 18.1. The molecule has 1 unspecified atom stereocenters. The third-order valence-electron chi connectivity index (χ3n) is 2.83. The quantitative estimate of drug-likeness (QED) is 0.661. The molecule has 0 spiro atoms. The van der Waals surface area contributed by atoms with E-state index in [2.05, 4.69) is 0 Å². The van der Waals surface area contributed by atoms with Crippen LogP contribution in [0.3, 0.4) is 0 Å². The van der Waals surface area contributed by atoms with Crippen LogP contribution in [0.15, 0.2) is 0 Å². The third kappa shape index (κ3) is 3.77. The molecular formula is C10H18O3. The zero-order valence-electron chi connectivity index (χ0n) is 7.91. The van der Waals surface area contributed by atoms with Crippen LogP contribution in [-0.4, -0.2) is 22.3 Å². The second-order valence-corrected chi connectivity index (χ2v) is 3.92. The van der Waals surface area contributed by atoms with E-state index in [0.29, 0.717) is 0 Å². The monoisotopic (exact) mass is 186 g/mol. The molecule has 76 valence electrons. The van der Waals surface area contributed by atoms with Crippen LogP contribution >= 0.6 is 0 Å². The SMILES string of the molecule is O=C(O)CC(O)C1CCCCCC1. The van der Waals surface area contributed by atoms with Crippen LogP contribution in [0.5, 0.6) is 0 Å². The maximum Gasteiger partial charge on any atom is 0.305 e. The van der Waals surface area contributed by atoms with E-state index in [1.54, 1.807) is 0 Å². The fourth-order valence-corrected chi connectivity index (χ4v) is 2.04. The van der Waals surface area contributed by atoms with Gasteiger partial charge in [0.25, 0.3) is 0 Å². The molecule has 1 rings (SSSR count). The van der Waals surface area contributed by atoms with E-state index in [9.17, 15) is 9.90 Å². The Hall–Kier alpha value is -0.570. The van der Waals surface area contributed by atoms with Gasteiger partial charge in [0.15, 0.2) is 0 Å². The maximum absolute atomic E-state index is 10.4. The summed E-state index contributed by atoms with van der Waals surface area (Å²) in [6.07, 6.45) is 6.01. The van der Waals surface area contributed by atoms with Crippen molar-refractivity contribution < 1.29 is 15.0 Å². The normalized spacial score (nSPS) is 22.2. The van der Waals surface area contributed by atoms with Gasteiger partial charge in [0.05, 0.1) is 12.5 Å². The molecule has 3 nitrogen and oxygen atoms in total. The number of carboxylic acids is 1. The Morgan fingerprint density at radius 2 is 1.77 bits per heavy atom. The summed E-state index contributed by atoms with van der Waals surface area (Å²) >= 11 is 0. The van der Waals surface area contributed by atoms with Crippen LogP contribution in [0.1, 0.15) is 44.9 Å². The number of carboxylic acid groups (broad SMARTS) is 1. The molecule has 0 radical (unpaired) electrons. The van der Waals surface area contributed by atoms with E-state index in [4.69, 9.17) is 5.11 Å². The molecule has 0 aliphatic heterocycles. The number of hydrogen-bond acceptors (Lipinski definition) is 2. The van der Waals surface area contributed by atoms with Crippen molar-refractivity contribution in [1.29, 1.82) is 0 Å². The standard InChI is InChI=1S/C10H18O3/c11-9(7-10(12)13)8-5-3-1-2-4-6-8/h8-9,11H,1-7H2,(H,12,13). The number of aliphatic carboxylic acids is 1. The highest BCUT2D eigenvalue weighted by Gasteiger charge is 2.22. The minimum Gasteiger partial charge on any atom is -0.481 e. The Morgan fingerprint density at radius 3 is 2.23 bits per heavy atom. The summed E-state index contributed by atoms with van der Waals surface area (Å²) in [5.41, 5.74) is 0. The van der Waals surface area contributed by atoms with Crippen molar-refractivity contribution in [3.63, 3.8) is 0 Å². The molecular weight excluding hydrogens is 168 g/mol. The van der Waals surface area contributed by atoms with Gasteiger partial charge in [0.2, 0.25) is 0 Å². The molecule has 0 amide bonds. The summed E-state index contributed by atoms with van der Waals surface area (Å²) < 4.78 is 0. The van der Waals surface area contributed by atoms with Crippen molar-refractivity contribution in [3.05, 3.63) is 0 Å². The summed E-state index contributed by atoms with van der Waals surface area (Å²) in [7, 11) is 0. The smallest absolute Gasteiger partial charge is 0.305 e. The number of hydrogen-bond donors (Lipinski definition) is 2. The molecule has 0 saturated heterocycles. The summed E-state index contributed by atoms with van der Waals surface area (Å²) in [6.45, 7) is 0. The molecule has 1 fully saturated rings. The van der Waals surface area contributed by atoms with Crippen LogP contribution < -0.4 is 0 Å². The fraction of sp³-hybridized carbons (Fsp3) is 0.900. The number of rotatable bonds is 3. The molecule has 1 saturated carbocycles. The first-order chi connectivity index (χ1) is 6.20. The number of aliphatic hydroxyl groups excluding tert-OH is 1. The predicted molar refractivity (Wildman–Crippen MR) is 49.5 cm³/mol. The van der Waals surface area contributed by atoms with Gasteiger partial charge in [-0.15, -0.1) is 0 Å². The van der Waals surface area contributed by atoms with Gasteiger partial charge in [-0.05, 0) is 18.8 Å². The fourth-order valence-electron chi connectivity index (χ4n) is 2.04. The van der Waals surface area contributed by atoms with Crippen LogP contribution in [0, 0.1) is 5.92 Å². The lowest BCUT2D eigenvalue weighted by Gasteiger charge is -2.19. The van der Waals surface area contributed by atoms with Gasteiger partial charge < -0.3 is 10.2 Å². The topological polar surface area (TPSA) is 57.5 Å². The average molecular weight is 186 g/mol. The average Bonchev–Trinajstić information content (AvgIpc) is 2.29. The molecule has 0 aromatic carbocycles. The lowest BCUT2D eigenvalue weighted by atomic mass is 9.92. The highest BCUT2D eigenvalue weighted by Crippen LogP contribution is 2.26. The zero-order valence-corrected chi connectivity index (χ0v) is 7.91. The van der Waals surface area contributed by atoms with Crippen LogP contribution in [0.25, 0.3) is 0 Å². The molecule has 0 heterocycles. The highest BCUT2D eigenvalue weighted by molar-refractivity contribution is 5.67. The van der Waals surface area contributed by atoms with Gasteiger partial charge >= 0.3 is 5.97 Å². The largest absolute Gasteiger partial charge is 0.481 e. The summed E-state index contributed by atoms with van der Waals surface area (Å²) in [6, 6.07) is 0. The Balaban J connectivity index is 2.34. The molecule has 1 atom stereocenters. The summed E-state index contributed by atoms with van der Waals surface area (Å²) in [4.78, 5) is 10.4. The van der Waals surface area contributed by atoms with E-state index in [1.165, 1.54) is 12.8 Å². The van der Waals surface area contributed by atoms with Gasteiger partial charge in [-0.25, -0.2) is 0 Å². The molecule has 2 N–H and O–H groups in total. The maximum atomic E-state index is 10.4. The first-order valence-corrected chi connectivity index (χ1v) is 5.10. The van der Waals surface area contributed by atoms with Crippen molar-refractivity contribution in [2.24, 2.45) is 5.92 Å². The Kier molecular flexibility index (Phi) is 4.22. The van der Waals surface area contributed by atoms with Gasteiger partial charge in [0.1, 0.15) is 0 Å². The van der Waals surface area contributed by atoms with Crippen molar-refractivity contribution in [1.82, 2.24) is 0 Å². The second-order valence-electron chi connectivity index (χ2n) is 3.92. The van der Waals surface area contributed by atoms with E-state index in [0.717, 1.165) is 25.7 Å². The molecule has 0 aromatic rings.